The number of anilines is 1. The van der Waals surface area contributed by atoms with Crippen LogP contribution >= 0.6 is 11.3 Å². The van der Waals surface area contributed by atoms with Gasteiger partial charge in [0, 0.05) is 5.56 Å². The summed E-state index contributed by atoms with van der Waals surface area (Å²) in [7, 11) is 1.59. The number of carboxylic acid groups (broad SMARTS) is 1. The molecule has 0 aliphatic carbocycles. The summed E-state index contributed by atoms with van der Waals surface area (Å²) in [6.07, 6.45) is 0. The molecule has 1 aromatic heterocycles. The zero-order valence-electron chi connectivity index (χ0n) is 9.93. The molecule has 0 spiro atoms. The SMILES string of the molecule is COc1ccc(-c2nc(N)sc2C(=O)O)cc1C. The van der Waals surface area contributed by atoms with E-state index in [-0.39, 0.29) is 10.0 Å². The van der Waals surface area contributed by atoms with Gasteiger partial charge in [-0.1, -0.05) is 11.3 Å². The summed E-state index contributed by atoms with van der Waals surface area (Å²) in [5.41, 5.74) is 7.60. The normalized spacial score (nSPS) is 10.3. The molecule has 94 valence electrons. The summed E-state index contributed by atoms with van der Waals surface area (Å²) >= 11 is 0.969. The Balaban J connectivity index is 2.55. The molecule has 0 saturated heterocycles. The first-order valence-electron chi connectivity index (χ1n) is 5.17. The standard InChI is InChI=1S/C12H12N2O3S/c1-6-5-7(3-4-8(6)17-2)9-10(11(15)16)18-12(13)14-9/h3-5H,1-2H3,(H2,13,14)(H,15,16). The molecule has 0 aliphatic rings. The lowest BCUT2D eigenvalue weighted by Crippen LogP contribution is -1.96. The number of aryl methyl sites for hydroxylation is 1. The van der Waals surface area contributed by atoms with Crippen LogP contribution in [-0.4, -0.2) is 23.2 Å². The van der Waals surface area contributed by atoms with Crippen molar-refractivity contribution in [3.05, 3.63) is 28.6 Å². The maximum Gasteiger partial charge on any atom is 0.348 e. The third-order valence-corrected chi connectivity index (χ3v) is 3.38. The minimum absolute atomic E-state index is 0.150. The first-order chi connectivity index (χ1) is 8.52. The van der Waals surface area contributed by atoms with E-state index in [0.717, 1.165) is 28.2 Å². The second kappa shape index (κ2) is 4.66. The number of benzene rings is 1. The van der Waals surface area contributed by atoms with E-state index >= 15 is 0 Å². The number of carbonyl (C=O) groups is 1. The molecular formula is C12H12N2O3S. The smallest absolute Gasteiger partial charge is 0.348 e. The first-order valence-corrected chi connectivity index (χ1v) is 5.99. The molecule has 1 heterocycles. The summed E-state index contributed by atoms with van der Waals surface area (Å²) in [6.45, 7) is 1.89. The van der Waals surface area contributed by atoms with Gasteiger partial charge in [0.15, 0.2) is 5.13 Å². The number of aromatic nitrogens is 1. The molecule has 0 amide bonds. The van der Waals surface area contributed by atoms with E-state index in [1.165, 1.54) is 0 Å². The van der Waals surface area contributed by atoms with Crippen LogP contribution < -0.4 is 10.5 Å². The fourth-order valence-corrected chi connectivity index (χ4v) is 2.40. The van der Waals surface area contributed by atoms with E-state index in [1.54, 1.807) is 19.2 Å². The van der Waals surface area contributed by atoms with Crippen molar-refractivity contribution >= 4 is 22.4 Å². The van der Waals surface area contributed by atoms with Crippen molar-refractivity contribution in [3.8, 4) is 17.0 Å². The number of methoxy groups -OCH3 is 1. The molecule has 6 heteroatoms. The maximum absolute atomic E-state index is 11.1. The van der Waals surface area contributed by atoms with Crippen LogP contribution in [0, 0.1) is 6.92 Å². The lowest BCUT2D eigenvalue weighted by molar-refractivity contribution is 0.0702. The molecule has 0 aliphatic heterocycles. The number of aromatic carboxylic acids is 1. The Hall–Kier alpha value is -2.08. The average molecular weight is 264 g/mol. The molecule has 0 radical (unpaired) electrons. The van der Waals surface area contributed by atoms with Crippen molar-refractivity contribution in [2.75, 3.05) is 12.8 Å². The number of rotatable bonds is 3. The molecule has 2 aromatic rings. The fraction of sp³-hybridized carbons (Fsp3) is 0.167. The quantitative estimate of drug-likeness (QED) is 0.889. The minimum atomic E-state index is -1.02. The van der Waals surface area contributed by atoms with E-state index in [1.807, 2.05) is 13.0 Å². The highest BCUT2D eigenvalue weighted by Gasteiger charge is 2.18. The molecule has 0 saturated carbocycles. The highest BCUT2D eigenvalue weighted by atomic mass is 32.1. The van der Waals surface area contributed by atoms with Gasteiger partial charge in [0.05, 0.1) is 12.8 Å². The van der Waals surface area contributed by atoms with E-state index in [2.05, 4.69) is 4.98 Å². The van der Waals surface area contributed by atoms with Gasteiger partial charge in [-0.2, -0.15) is 0 Å². The molecule has 2 rings (SSSR count). The number of nitrogens with two attached hydrogens (primary N) is 1. The Morgan fingerprint density at radius 1 is 1.50 bits per heavy atom. The summed E-state index contributed by atoms with van der Waals surface area (Å²) < 4.78 is 5.16. The molecule has 0 unspecified atom stereocenters. The van der Waals surface area contributed by atoms with Crippen molar-refractivity contribution in [2.45, 2.75) is 6.92 Å². The van der Waals surface area contributed by atoms with Gasteiger partial charge in [-0.3, -0.25) is 0 Å². The van der Waals surface area contributed by atoms with Crippen LogP contribution in [0.4, 0.5) is 5.13 Å². The zero-order valence-corrected chi connectivity index (χ0v) is 10.7. The molecule has 0 bridgehead atoms. The van der Waals surface area contributed by atoms with Crippen LogP contribution in [0.15, 0.2) is 18.2 Å². The van der Waals surface area contributed by atoms with Gasteiger partial charge in [0.25, 0.3) is 0 Å². The van der Waals surface area contributed by atoms with Crippen LogP contribution in [0.3, 0.4) is 0 Å². The number of hydrogen-bond donors (Lipinski definition) is 2. The maximum atomic E-state index is 11.1. The Morgan fingerprint density at radius 3 is 2.78 bits per heavy atom. The monoisotopic (exact) mass is 264 g/mol. The van der Waals surface area contributed by atoms with Gasteiger partial charge < -0.3 is 15.6 Å². The van der Waals surface area contributed by atoms with E-state index in [4.69, 9.17) is 15.6 Å². The number of nitrogens with zero attached hydrogens (tertiary/aromatic N) is 1. The molecule has 3 N–H and O–H groups in total. The molecule has 0 fully saturated rings. The zero-order chi connectivity index (χ0) is 13.3. The van der Waals surface area contributed by atoms with E-state index in [9.17, 15) is 4.79 Å². The van der Waals surface area contributed by atoms with E-state index in [0.29, 0.717) is 5.69 Å². The van der Waals surface area contributed by atoms with Crippen molar-refractivity contribution in [2.24, 2.45) is 0 Å². The number of nitrogen functional groups attached to an aromatic ring is 1. The molecule has 0 atom stereocenters. The average Bonchev–Trinajstić information content (AvgIpc) is 2.71. The first kappa shape index (κ1) is 12.4. The number of thiazole rings is 1. The van der Waals surface area contributed by atoms with Crippen molar-refractivity contribution in [1.29, 1.82) is 0 Å². The summed E-state index contributed by atoms with van der Waals surface area (Å²) in [4.78, 5) is 15.3. The van der Waals surface area contributed by atoms with Gasteiger partial charge >= 0.3 is 5.97 Å². The largest absolute Gasteiger partial charge is 0.496 e. The van der Waals surface area contributed by atoms with Crippen molar-refractivity contribution in [3.63, 3.8) is 0 Å². The Kier molecular flexibility index (Phi) is 3.20. The van der Waals surface area contributed by atoms with Gasteiger partial charge in [0.1, 0.15) is 10.6 Å². The highest BCUT2D eigenvalue weighted by Crippen LogP contribution is 2.32. The molecule has 18 heavy (non-hydrogen) atoms. The van der Waals surface area contributed by atoms with Crippen LogP contribution in [0.25, 0.3) is 11.3 Å². The third kappa shape index (κ3) is 2.14. The summed E-state index contributed by atoms with van der Waals surface area (Å²) in [6, 6.07) is 5.39. The van der Waals surface area contributed by atoms with E-state index < -0.39 is 5.97 Å². The van der Waals surface area contributed by atoms with Crippen LogP contribution in [0.2, 0.25) is 0 Å². The lowest BCUT2D eigenvalue weighted by Gasteiger charge is -2.06. The lowest BCUT2D eigenvalue weighted by atomic mass is 10.1. The summed E-state index contributed by atoms with van der Waals surface area (Å²) in [5.74, 6) is -0.272. The topological polar surface area (TPSA) is 85.4 Å². The summed E-state index contributed by atoms with van der Waals surface area (Å²) in [5, 5.41) is 9.35. The predicted molar refractivity (Wildman–Crippen MR) is 70.2 cm³/mol. The van der Waals surface area contributed by atoms with Crippen LogP contribution in [0.1, 0.15) is 15.2 Å². The van der Waals surface area contributed by atoms with Gasteiger partial charge in [-0.05, 0) is 30.7 Å². The fourth-order valence-electron chi connectivity index (χ4n) is 1.70. The van der Waals surface area contributed by atoms with Crippen LogP contribution in [0.5, 0.6) is 5.75 Å². The predicted octanol–water partition coefficient (Wildman–Crippen LogP) is 2.41. The molecule has 1 aromatic carbocycles. The Labute approximate surface area is 108 Å². The second-order valence-electron chi connectivity index (χ2n) is 3.72. The van der Waals surface area contributed by atoms with Crippen LogP contribution in [-0.2, 0) is 0 Å². The molecule has 5 nitrogen and oxygen atoms in total. The number of hydrogen-bond acceptors (Lipinski definition) is 5. The third-order valence-electron chi connectivity index (χ3n) is 2.51. The minimum Gasteiger partial charge on any atom is -0.496 e. The van der Waals surface area contributed by atoms with Gasteiger partial charge in [-0.15, -0.1) is 0 Å². The van der Waals surface area contributed by atoms with Crippen molar-refractivity contribution < 1.29 is 14.6 Å². The van der Waals surface area contributed by atoms with Gasteiger partial charge in [-0.25, -0.2) is 9.78 Å². The van der Waals surface area contributed by atoms with Crippen molar-refractivity contribution in [1.82, 2.24) is 4.98 Å². The highest BCUT2D eigenvalue weighted by molar-refractivity contribution is 7.17. The Bertz CT molecular complexity index is 607. The Morgan fingerprint density at radius 2 is 2.22 bits per heavy atom. The second-order valence-corrected chi connectivity index (χ2v) is 4.75. The number of ether oxygens (including phenoxy) is 1. The van der Waals surface area contributed by atoms with Gasteiger partial charge in [0.2, 0.25) is 0 Å². The molecular weight excluding hydrogens is 252 g/mol. The number of carboxylic acids is 1.